The SMILES string of the molecule is Cc1c(-c2cc(N)c3cnc(Nc4cnn(C5CC5)c4)nc3c2)cnn1C. The minimum absolute atomic E-state index is 0.525. The number of anilines is 3. The van der Waals surface area contributed by atoms with E-state index in [0.29, 0.717) is 17.7 Å². The normalized spacial score (nSPS) is 14.0. The van der Waals surface area contributed by atoms with Crippen molar-refractivity contribution in [2.24, 2.45) is 7.05 Å². The lowest BCUT2D eigenvalue weighted by Crippen LogP contribution is -1.99. The molecule has 4 aromatic rings. The van der Waals surface area contributed by atoms with Crippen molar-refractivity contribution in [3.63, 3.8) is 0 Å². The highest BCUT2D eigenvalue weighted by molar-refractivity contribution is 5.94. The van der Waals surface area contributed by atoms with Crippen LogP contribution in [0.3, 0.4) is 0 Å². The number of nitrogens with one attached hydrogen (secondary N) is 1. The number of aromatic nitrogens is 6. The maximum atomic E-state index is 6.26. The molecule has 0 atom stereocenters. The second kappa shape index (κ2) is 5.80. The Morgan fingerprint density at radius 2 is 2.00 bits per heavy atom. The average Bonchev–Trinajstić information content (AvgIpc) is 3.31. The zero-order valence-electron chi connectivity index (χ0n) is 15.2. The summed E-state index contributed by atoms with van der Waals surface area (Å²) in [6.07, 6.45) is 9.80. The van der Waals surface area contributed by atoms with Gasteiger partial charge in [-0.2, -0.15) is 10.2 Å². The van der Waals surface area contributed by atoms with Crippen LogP contribution in [0.25, 0.3) is 22.0 Å². The van der Waals surface area contributed by atoms with Gasteiger partial charge in [-0.05, 0) is 37.5 Å². The van der Waals surface area contributed by atoms with E-state index in [1.165, 1.54) is 12.8 Å². The average molecular weight is 360 g/mol. The molecule has 0 bridgehead atoms. The van der Waals surface area contributed by atoms with Crippen LogP contribution in [0.2, 0.25) is 0 Å². The lowest BCUT2D eigenvalue weighted by Gasteiger charge is -2.08. The molecule has 0 spiro atoms. The third-order valence-electron chi connectivity index (χ3n) is 5.06. The van der Waals surface area contributed by atoms with E-state index in [1.54, 1.807) is 12.4 Å². The lowest BCUT2D eigenvalue weighted by molar-refractivity contribution is 0.642. The van der Waals surface area contributed by atoms with Gasteiger partial charge in [-0.3, -0.25) is 9.36 Å². The molecule has 3 aromatic heterocycles. The third kappa shape index (κ3) is 2.79. The number of nitrogens with zero attached hydrogens (tertiary/aromatic N) is 6. The second-order valence-corrected chi connectivity index (χ2v) is 7.02. The molecule has 3 heterocycles. The number of aryl methyl sites for hydroxylation is 1. The first-order valence-electron chi connectivity index (χ1n) is 8.95. The number of benzene rings is 1. The zero-order valence-corrected chi connectivity index (χ0v) is 15.2. The minimum atomic E-state index is 0.525. The molecule has 8 heteroatoms. The lowest BCUT2D eigenvalue weighted by atomic mass is 10.0. The highest BCUT2D eigenvalue weighted by atomic mass is 15.3. The van der Waals surface area contributed by atoms with Gasteiger partial charge >= 0.3 is 0 Å². The molecule has 8 nitrogen and oxygen atoms in total. The summed E-state index contributed by atoms with van der Waals surface area (Å²) >= 11 is 0. The number of nitrogens with two attached hydrogens (primary N) is 1. The van der Waals surface area contributed by atoms with Crippen LogP contribution >= 0.6 is 0 Å². The summed E-state index contributed by atoms with van der Waals surface area (Å²) in [7, 11) is 1.93. The second-order valence-electron chi connectivity index (χ2n) is 7.02. The monoisotopic (exact) mass is 360 g/mol. The Balaban J connectivity index is 1.52. The molecule has 1 fully saturated rings. The summed E-state index contributed by atoms with van der Waals surface area (Å²) in [6.45, 7) is 2.03. The van der Waals surface area contributed by atoms with Crippen molar-refractivity contribution in [3.8, 4) is 11.1 Å². The van der Waals surface area contributed by atoms with Gasteiger partial charge in [-0.15, -0.1) is 0 Å². The van der Waals surface area contributed by atoms with Crippen LogP contribution in [-0.2, 0) is 7.05 Å². The van der Waals surface area contributed by atoms with E-state index < -0.39 is 0 Å². The van der Waals surface area contributed by atoms with Crippen molar-refractivity contribution >= 4 is 28.2 Å². The molecular weight excluding hydrogens is 340 g/mol. The highest BCUT2D eigenvalue weighted by Gasteiger charge is 2.24. The van der Waals surface area contributed by atoms with Gasteiger partial charge in [-0.1, -0.05) is 0 Å². The number of nitrogen functional groups attached to an aromatic ring is 1. The standard InChI is InChI=1S/C19H20N8/c1-11-15(9-22-26(11)2)12-5-17(20)16-8-21-19(25-18(16)6-12)24-13-7-23-27(10-13)14-3-4-14/h5-10,14H,3-4,20H2,1-2H3,(H,21,24,25). The van der Waals surface area contributed by atoms with E-state index in [-0.39, 0.29) is 0 Å². The molecule has 1 aliphatic carbocycles. The molecule has 0 saturated heterocycles. The molecule has 27 heavy (non-hydrogen) atoms. The van der Waals surface area contributed by atoms with Gasteiger partial charge < -0.3 is 11.1 Å². The summed E-state index contributed by atoms with van der Waals surface area (Å²) < 4.78 is 3.84. The zero-order chi connectivity index (χ0) is 18.5. The first-order chi connectivity index (χ1) is 13.1. The summed E-state index contributed by atoms with van der Waals surface area (Å²) in [4.78, 5) is 9.06. The fourth-order valence-electron chi connectivity index (χ4n) is 3.23. The van der Waals surface area contributed by atoms with Gasteiger partial charge in [0.25, 0.3) is 0 Å². The third-order valence-corrected chi connectivity index (χ3v) is 5.06. The van der Waals surface area contributed by atoms with Crippen molar-refractivity contribution in [2.45, 2.75) is 25.8 Å². The predicted octanol–water partition coefficient (Wildman–Crippen LogP) is 3.20. The van der Waals surface area contributed by atoms with Crippen molar-refractivity contribution in [3.05, 3.63) is 42.6 Å². The van der Waals surface area contributed by atoms with E-state index in [4.69, 9.17) is 5.73 Å². The Labute approximate surface area is 156 Å². The van der Waals surface area contributed by atoms with Crippen LogP contribution in [-0.4, -0.2) is 29.5 Å². The fraction of sp³-hybridized carbons (Fsp3) is 0.263. The summed E-state index contributed by atoms with van der Waals surface area (Å²) in [5.74, 6) is 0.525. The molecule has 0 unspecified atom stereocenters. The molecule has 5 rings (SSSR count). The first kappa shape index (κ1) is 15.8. The molecule has 1 saturated carbocycles. The number of rotatable bonds is 4. The van der Waals surface area contributed by atoms with Crippen molar-refractivity contribution < 1.29 is 0 Å². The Morgan fingerprint density at radius 1 is 1.15 bits per heavy atom. The summed E-state index contributed by atoms with van der Waals surface area (Å²) in [5, 5.41) is 12.8. The Hall–Kier alpha value is -3.42. The quantitative estimate of drug-likeness (QED) is 0.542. The van der Waals surface area contributed by atoms with Crippen LogP contribution in [0.4, 0.5) is 17.3 Å². The van der Waals surface area contributed by atoms with Crippen LogP contribution in [0, 0.1) is 6.92 Å². The van der Waals surface area contributed by atoms with Gasteiger partial charge in [-0.25, -0.2) is 9.97 Å². The van der Waals surface area contributed by atoms with Gasteiger partial charge in [0.15, 0.2) is 0 Å². The number of hydrogen-bond acceptors (Lipinski definition) is 6. The largest absolute Gasteiger partial charge is 0.398 e. The Morgan fingerprint density at radius 3 is 2.74 bits per heavy atom. The molecule has 0 amide bonds. The van der Waals surface area contributed by atoms with Gasteiger partial charge in [0, 0.05) is 41.8 Å². The molecule has 0 aliphatic heterocycles. The molecule has 0 radical (unpaired) electrons. The number of hydrogen-bond donors (Lipinski definition) is 2. The first-order valence-corrected chi connectivity index (χ1v) is 8.95. The van der Waals surface area contributed by atoms with Gasteiger partial charge in [0.2, 0.25) is 5.95 Å². The van der Waals surface area contributed by atoms with Crippen molar-refractivity contribution in [1.29, 1.82) is 0 Å². The van der Waals surface area contributed by atoms with Crippen LogP contribution in [0.1, 0.15) is 24.6 Å². The van der Waals surface area contributed by atoms with E-state index in [0.717, 1.165) is 33.4 Å². The molecule has 1 aromatic carbocycles. The maximum Gasteiger partial charge on any atom is 0.227 e. The molecular formula is C19H20N8. The van der Waals surface area contributed by atoms with Gasteiger partial charge in [0.05, 0.1) is 29.6 Å². The summed E-state index contributed by atoms with van der Waals surface area (Å²) in [5.41, 5.74) is 11.7. The van der Waals surface area contributed by atoms with Crippen molar-refractivity contribution in [2.75, 3.05) is 11.1 Å². The predicted molar refractivity (Wildman–Crippen MR) is 105 cm³/mol. The highest BCUT2D eigenvalue weighted by Crippen LogP contribution is 2.35. The van der Waals surface area contributed by atoms with Crippen LogP contribution < -0.4 is 11.1 Å². The van der Waals surface area contributed by atoms with E-state index in [2.05, 4.69) is 25.5 Å². The topological polar surface area (TPSA) is 99.5 Å². The fourth-order valence-corrected chi connectivity index (χ4v) is 3.23. The minimum Gasteiger partial charge on any atom is -0.398 e. The molecule has 1 aliphatic rings. The van der Waals surface area contributed by atoms with E-state index in [9.17, 15) is 0 Å². The van der Waals surface area contributed by atoms with Crippen molar-refractivity contribution in [1.82, 2.24) is 29.5 Å². The van der Waals surface area contributed by atoms with Crippen LogP contribution in [0.15, 0.2) is 36.9 Å². The Bertz CT molecular complexity index is 1150. The Kier molecular flexibility index (Phi) is 3.40. The molecule has 136 valence electrons. The van der Waals surface area contributed by atoms with E-state index in [1.807, 2.05) is 47.9 Å². The number of fused-ring (bicyclic) bond motifs is 1. The van der Waals surface area contributed by atoms with Gasteiger partial charge in [0.1, 0.15) is 0 Å². The van der Waals surface area contributed by atoms with E-state index >= 15 is 0 Å². The summed E-state index contributed by atoms with van der Waals surface area (Å²) in [6, 6.07) is 4.52. The van der Waals surface area contributed by atoms with Crippen LogP contribution in [0.5, 0.6) is 0 Å². The maximum absolute atomic E-state index is 6.26. The smallest absolute Gasteiger partial charge is 0.227 e. The molecule has 3 N–H and O–H groups in total.